The molecule has 0 fully saturated rings. The Labute approximate surface area is 236 Å². The maximum absolute atomic E-state index is 13.8. The smallest absolute Gasteiger partial charge is 0.219 e. The monoisotopic (exact) mass is 555 g/mol. The fraction of sp³-hybridized carbons (Fsp3) is 0.267. The van der Waals surface area contributed by atoms with Crippen LogP contribution in [0.4, 0.5) is 5.13 Å². The van der Waals surface area contributed by atoms with Gasteiger partial charge in [-0.15, -0.1) is 16.8 Å². The molecule has 198 valence electrons. The normalized spacial score (nSPS) is 18.5. The van der Waals surface area contributed by atoms with Crippen LogP contribution in [0.5, 0.6) is 5.75 Å². The molecule has 39 heavy (non-hydrogen) atoms. The molecule has 9 heteroatoms. The third kappa shape index (κ3) is 5.49. The van der Waals surface area contributed by atoms with Crippen LogP contribution < -0.4 is 15.4 Å². The number of carbonyl (C=O) groups excluding carboxylic acids is 1. The first-order valence-corrected chi connectivity index (χ1v) is 14.4. The second kappa shape index (κ2) is 11.1. The summed E-state index contributed by atoms with van der Waals surface area (Å²) < 4.78 is 6.84. The van der Waals surface area contributed by atoms with E-state index >= 15 is 0 Å². The van der Waals surface area contributed by atoms with Gasteiger partial charge in [0.15, 0.2) is 10.1 Å². The van der Waals surface area contributed by atoms with E-state index in [0.29, 0.717) is 47.2 Å². The Balaban J connectivity index is 1.58. The number of nitrogens with zero attached hydrogens (tertiary/aromatic N) is 4. The molecule has 1 atom stereocenters. The molecule has 1 aromatic heterocycles. The molecule has 0 spiro atoms. The van der Waals surface area contributed by atoms with Gasteiger partial charge in [-0.1, -0.05) is 85.5 Å². The predicted molar refractivity (Wildman–Crippen MR) is 155 cm³/mol. The van der Waals surface area contributed by atoms with Crippen molar-refractivity contribution in [1.82, 2.24) is 10.2 Å². The van der Waals surface area contributed by atoms with Crippen LogP contribution >= 0.6 is 23.1 Å². The average Bonchev–Trinajstić information content (AvgIpc) is 3.38. The Kier molecular flexibility index (Phi) is 7.60. The Bertz CT molecular complexity index is 1520. The van der Waals surface area contributed by atoms with E-state index in [4.69, 9.17) is 10.5 Å². The molecule has 2 aromatic carbocycles. The highest BCUT2D eigenvalue weighted by atomic mass is 32.2. The van der Waals surface area contributed by atoms with Crippen molar-refractivity contribution < 1.29 is 9.53 Å². The summed E-state index contributed by atoms with van der Waals surface area (Å²) in [5.74, 6) is 1.06. The fourth-order valence-electron chi connectivity index (χ4n) is 5.07. The molecule has 0 bridgehead atoms. The summed E-state index contributed by atoms with van der Waals surface area (Å²) in [6, 6.07) is 19.8. The van der Waals surface area contributed by atoms with Gasteiger partial charge in [0.2, 0.25) is 5.13 Å². The van der Waals surface area contributed by atoms with Crippen molar-refractivity contribution in [3.8, 4) is 11.8 Å². The minimum absolute atomic E-state index is 0.0119. The Hall–Kier alpha value is -3.87. The van der Waals surface area contributed by atoms with E-state index in [9.17, 15) is 10.1 Å². The maximum Gasteiger partial charge on any atom is 0.219 e. The van der Waals surface area contributed by atoms with Crippen LogP contribution in [0.3, 0.4) is 0 Å². The number of aromatic nitrogens is 2. The van der Waals surface area contributed by atoms with Gasteiger partial charge >= 0.3 is 0 Å². The third-order valence-corrected chi connectivity index (χ3v) is 8.77. The number of hydrogen-bond donors (Lipinski definition) is 1. The third-order valence-electron chi connectivity index (χ3n) is 6.73. The number of nitriles is 1. The Morgan fingerprint density at radius 3 is 2.77 bits per heavy atom. The van der Waals surface area contributed by atoms with Crippen molar-refractivity contribution in [3.63, 3.8) is 0 Å². The summed E-state index contributed by atoms with van der Waals surface area (Å²) in [6.45, 7) is 8.32. The molecular formula is C30H29N5O2S2. The fourth-order valence-corrected chi connectivity index (χ4v) is 6.71. The van der Waals surface area contributed by atoms with Crippen molar-refractivity contribution in [2.75, 3.05) is 10.7 Å². The van der Waals surface area contributed by atoms with Crippen LogP contribution in [0, 0.1) is 16.7 Å². The van der Waals surface area contributed by atoms with Crippen molar-refractivity contribution >= 4 is 34.0 Å². The largest absolute Gasteiger partial charge is 0.489 e. The maximum atomic E-state index is 13.8. The first-order valence-electron chi connectivity index (χ1n) is 12.6. The van der Waals surface area contributed by atoms with E-state index in [-0.39, 0.29) is 17.0 Å². The van der Waals surface area contributed by atoms with Gasteiger partial charge in [-0.3, -0.25) is 9.69 Å². The van der Waals surface area contributed by atoms with Crippen LogP contribution in [0.15, 0.2) is 94.3 Å². The summed E-state index contributed by atoms with van der Waals surface area (Å²) in [4.78, 5) is 15.6. The van der Waals surface area contributed by atoms with Gasteiger partial charge < -0.3 is 10.5 Å². The zero-order chi connectivity index (χ0) is 27.6. The lowest BCUT2D eigenvalue weighted by molar-refractivity contribution is -0.118. The number of hydrogen-bond acceptors (Lipinski definition) is 9. The van der Waals surface area contributed by atoms with Gasteiger partial charge in [0.1, 0.15) is 18.2 Å². The number of Topliss-reactive ketones (excluding diaryl/α,β-unsaturated/α-hetero) is 1. The molecule has 0 radical (unpaired) electrons. The van der Waals surface area contributed by atoms with E-state index < -0.39 is 5.92 Å². The number of ether oxygens (including phenoxy) is 1. The minimum atomic E-state index is -0.590. The molecule has 0 amide bonds. The molecule has 1 aliphatic heterocycles. The van der Waals surface area contributed by atoms with Crippen LogP contribution in [-0.4, -0.2) is 21.7 Å². The number of carbonyl (C=O) groups is 1. The molecule has 5 rings (SSSR count). The van der Waals surface area contributed by atoms with Gasteiger partial charge in [0, 0.05) is 23.4 Å². The SMILES string of the molecule is C=CCSc1nnc(N2C(N)=C(C#N)C(c3cccc(OCc4ccccc4)c3)C3=C2CC(C)(C)CC3=O)s1. The molecule has 1 unspecified atom stereocenters. The first kappa shape index (κ1) is 26.7. The minimum Gasteiger partial charge on any atom is -0.489 e. The van der Waals surface area contributed by atoms with Gasteiger partial charge in [0.25, 0.3) is 0 Å². The quantitative estimate of drug-likeness (QED) is 0.254. The topological polar surface area (TPSA) is 105 Å². The number of allylic oxidation sites excluding steroid dienone is 3. The summed E-state index contributed by atoms with van der Waals surface area (Å²) >= 11 is 2.91. The number of thioether (sulfide) groups is 1. The average molecular weight is 556 g/mol. The molecule has 1 aliphatic carbocycles. The number of benzene rings is 2. The number of anilines is 1. The van der Waals surface area contributed by atoms with Crippen LogP contribution in [-0.2, 0) is 11.4 Å². The second-order valence-electron chi connectivity index (χ2n) is 10.3. The number of ketones is 1. The van der Waals surface area contributed by atoms with E-state index in [0.717, 1.165) is 21.2 Å². The lowest BCUT2D eigenvalue weighted by Crippen LogP contribution is -2.42. The van der Waals surface area contributed by atoms with Crippen LogP contribution in [0.2, 0.25) is 0 Å². The van der Waals surface area contributed by atoms with Gasteiger partial charge in [-0.2, -0.15) is 5.26 Å². The summed E-state index contributed by atoms with van der Waals surface area (Å²) in [5, 5.41) is 19.6. The molecule has 2 N–H and O–H groups in total. The van der Waals surface area contributed by atoms with E-state index in [1.807, 2.05) is 54.6 Å². The summed E-state index contributed by atoms with van der Waals surface area (Å²) in [7, 11) is 0. The van der Waals surface area contributed by atoms with Gasteiger partial charge in [0.05, 0.1) is 17.6 Å². The highest BCUT2D eigenvalue weighted by Crippen LogP contribution is 2.51. The molecule has 7 nitrogen and oxygen atoms in total. The highest BCUT2D eigenvalue weighted by molar-refractivity contribution is 8.01. The lowest BCUT2D eigenvalue weighted by atomic mass is 9.68. The lowest BCUT2D eigenvalue weighted by Gasteiger charge is -2.42. The zero-order valence-electron chi connectivity index (χ0n) is 21.9. The molecule has 2 heterocycles. The predicted octanol–water partition coefficient (Wildman–Crippen LogP) is 6.34. The van der Waals surface area contributed by atoms with E-state index in [1.165, 1.54) is 23.1 Å². The summed E-state index contributed by atoms with van der Waals surface area (Å²) in [5.41, 5.74) is 10.0. The molecule has 2 aliphatic rings. The zero-order valence-corrected chi connectivity index (χ0v) is 23.5. The van der Waals surface area contributed by atoms with Crippen LogP contribution in [0.1, 0.15) is 43.7 Å². The molecule has 0 saturated heterocycles. The Morgan fingerprint density at radius 1 is 1.23 bits per heavy atom. The van der Waals surface area contributed by atoms with Crippen molar-refractivity contribution in [2.45, 2.75) is 43.6 Å². The van der Waals surface area contributed by atoms with Gasteiger partial charge in [-0.05, 0) is 35.1 Å². The first-order chi connectivity index (χ1) is 18.8. The van der Waals surface area contributed by atoms with Crippen molar-refractivity contribution in [1.29, 1.82) is 5.26 Å². The second-order valence-corrected chi connectivity index (χ2v) is 12.5. The standard InChI is InChI=1S/C30H29N5O2S2/c1-4-13-38-29-34-33-28(39-29)35-23-15-30(2,3)16-24(36)26(23)25(22(17-31)27(35)32)20-11-8-12-21(14-20)37-18-19-9-6-5-7-10-19/h4-12,14,25H,1,13,15-16,18,32H2,2-3H3. The molecular weight excluding hydrogens is 526 g/mol. The number of nitrogens with two attached hydrogens (primary N) is 1. The molecule has 3 aromatic rings. The highest BCUT2D eigenvalue weighted by Gasteiger charge is 2.45. The van der Waals surface area contributed by atoms with Gasteiger partial charge in [-0.25, -0.2) is 0 Å². The van der Waals surface area contributed by atoms with E-state index in [2.05, 4.69) is 36.7 Å². The molecule has 0 saturated carbocycles. The Morgan fingerprint density at radius 2 is 2.03 bits per heavy atom. The number of rotatable bonds is 8. The van der Waals surface area contributed by atoms with Crippen LogP contribution in [0.25, 0.3) is 0 Å². The van der Waals surface area contributed by atoms with E-state index in [1.54, 1.807) is 11.0 Å². The van der Waals surface area contributed by atoms with Crippen molar-refractivity contribution in [3.05, 3.63) is 101 Å². The summed E-state index contributed by atoms with van der Waals surface area (Å²) in [6.07, 6.45) is 2.80. The van der Waals surface area contributed by atoms with Crippen molar-refractivity contribution in [2.24, 2.45) is 11.1 Å².